The molecule has 1 rings (SSSR count). The number of halogens is 3. The van der Waals surface area contributed by atoms with E-state index in [0.29, 0.717) is 0 Å². The lowest BCUT2D eigenvalue weighted by atomic mass is 10.1. The van der Waals surface area contributed by atoms with E-state index in [1.807, 2.05) is 13.0 Å². The third-order valence-corrected chi connectivity index (χ3v) is 1.75. The van der Waals surface area contributed by atoms with Crippen molar-refractivity contribution in [3.8, 4) is 0 Å². The number of hydrogen-bond donors (Lipinski definition) is 1. The van der Waals surface area contributed by atoms with Crippen molar-refractivity contribution in [2.24, 2.45) is 0 Å². The van der Waals surface area contributed by atoms with E-state index in [1.165, 1.54) is 17.4 Å². The first-order valence-corrected chi connectivity index (χ1v) is 4.45. The Morgan fingerprint density at radius 1 is 1.29 bits per heavy atom. The van der Waals surface area contributed by atoms with Crippen LogP contribution in [0.4, 0.5) is 18.9 Å². The van der Waals surface area contributed by atoms with Crippen LogP contribution in [0.25, 0.3) is 0 Å². The molecule has 0 aliphatic heterocycles. The Bertz CT molecular complexity index is 294. The van der Waals surface area contributed by atoms with Crippen LogP contribution in [0.3, 0.4) is 0 Å². The van der Waals surface area contributed by atoms with Crippen LogP contribution < -0.4 is 5.32 Å². The van der Waals surface area contributed by atoms with E-state index in [1.54, 1.807) is 6.07 Å². The first kappa shape index (κ1) is 10.9. The molecule has 0 heterocycles. The summed E-state index contributed by atoms with van der Waals surface area (Å²) in [5.74, 6) is 0. The van der Waals surface area contributed by atoms with E-state index >= 15 is 0 Å². The molecule has 4 heteroatoms. The minimum Gasteiger partial charge on any atom is -0.298 e. The predicted octanol–water partition coefficient (Wildman–Crippen LogP) is 3.57. The SMILES string of the molecule is CCCc1cccc(NC(F)(F)F)c1. The lowest BCUT2D eigenvalue weighted by Gasteiger charge is -2.10. The van der Waals surface area contributed by atoms with Crippen molar-refractivity contribution < 1.29 is 13.2 Å². The fourth-order valence-electron chi connectivity index (χ4n) is 1.26. The number of hydrogen-bond acceptors (Lipinski definition) is 1. The van der Waals surface area contributed by atoms with Crippen LogP contribution in [0.15, 0.2) is 24.3 Å². The molecule has 1 N–H and O–H groups in total. The van der Waals surface area contributed by atoms with Crippen LogP contribution in [-0.4, -0.2) is 6.30 Å². The zero-order valence-corrected chi connectivity index (χ0v) is 7.86. The number of alkyl halides is 3. The van der Waals surface area contributed by atoms with Gasteiger partial charge in [0, 0.05) is 5.69 Å². The summed E-state index contributed by atoms with van der Waals surface area (Å²) in [6, 6.07) is 6.38. The Morgan fingerprint density at radius 3 is 2.57 bits per heavy atom. The second-order valence-corrected chi connectivity index (χ2v) is 3.07. The van der Waals surface area contributed by atoms with Gasteiger partial charge in [-0.3, -0.25) is 5.32 Å². The molecule has 0 amide bonds. The molecule has 0 unspecified atom stereocenters. The highest BCUT2D eigenvalue weighted by Gasteiger charge is 2.26. The van der Waals surface area contributed by atoms with Gasteiger partial charge >= 0.3 is 6.30 Å². The Hall–Kier alpha value is -1.19. The molecule has 1 aromatic carbocycles. The quantitative estimate of drug-likeness (QED) is 0.740. The molecule has 0 saturated heterocycles. The zero-order chi connectivity index (χ0) is 10.6. The van der Waals surface area contributed by atoms with E-state index in [-0.39, 0.29) is 5.69 Å². The summed E-state index contributed by atoms with van der Waals surface area (Å²) in [5.41, 5.74) is 1.02. The van der Waals surface area contributed by atoms with Crippen LogP contribution >= 0.6 is 0 Å². The lowest BCUT2D eigenvalue weighted by molar-refractivity contribution is -0.0999. The molecule has 1 nitrogen and oxygen atoms in total. The molecular formula is C10H12F3N. The molecule has 0 bridgehead atoms. The summed E-state index contributed by atoms with van der Waals surface area (Å²) in [5, 5.41) is 1.48. The monoisotopic (exact) mass is 203 g/mol. The minimum atomic E-state index is -4.36. The second-order valence-electron chi connectivity index (χ2n) is 3.07. The van der Waals surface area contributed by atoms with Crippen molar-refractivity contribution in [2.45, 2.75) is 26.1 Å². The molecule has 0 radical (unpaired) electrons. The smallest absolute Gasteiger partial charge is 0.298 e. The normalized spacial score (nSPS) is 11.4. The van der Waals surface area contributed by atoms with Crippen molar-refractivity contribution in [3.63, 3.8) is 0 Å². The Morgan fingerprint density at radius 2 is 2.00 bits per heavy atom. The number of nitrogens with one attached hydrogen (secondary N) is 1. The maximum atomic E-state index is 11.9. The summed E-state index contributed by atoms with van der Waals surface area (Å²) in [4.78, 5) is 0. The third-order valence-electron chi connectivity index (χ3n) is 1.75. The first-order valence-electron chi connectivity index (χ1n) is 4.45. The Labute approximate surface area is 80.9 Å². The van der Waals surface area contributed by atoms with Gasteiger partial charge in [0.05, 0.1) is 0 Å². The lowest BCUT2D eigenvalue weighted by Crippen LogP contribution is -2.20. The van der Waals surface area contributed by atoms with Crippen LogP contribution in [-0.2, 0) is 6.42 Å². The van der Waals surface area contributed by atoms with E-state index in [2.05, 4.69) is 0 Å². The first-order chi connectivity index (χ1) is 6.51. The number of anilines is 1. The van der Waals surface area contributed by atoms with Gasteiger partial charge in [0.2, 0.25) is 0 Å². The van der Waals surface area contributed by atoms with Crippen molar-refractivity contribution in [1.82, 2.24) is 0 Å². The molecule has 78 valence electrons. The van der Waals surface area contributed by atoms with Crippen LogP contribution in [0.1, 0.15) is 18.9 Å². The van der Waals surface area contributed by atoms with Crippen LogP contribution in [0.2, 0.25) is 0 Å². The molecule has 0 aromatic heterocycles. The standard InChI is InChI=1S/C10H12F3N/c1-2-4-8-5-3-6-9(7-8)14-10(11,12)13/h3,5-7,14H,2,4H2,1H3. The average Bonchev–Trinajstić information content (AvgIpc) is 2.02. The third kappa shape index (κ3) is 3.68. The van der Waals surface area contributed by atoms with E-state index in [0.717, 1.165) is 18.4 Å². The van der Waals surface area contributed by atoms with Gasteiger partial charge in [-0.1, -0.05) is 25.5 Å². The molecule has 0 spiro atoms. The maximum Gasteiger partial charge on any atom is 0.482 e. The summed E-state index contributed by atoms with van der Waals surface area (Å²) in [7, 11) is 0. The highest BCUT2D eigenvalue weighted by atomic mass is 19.4. The maximum absolute atomic E-state index is 11.9. The summed E-state index contributed by atoms with van der Waals surface area (Å²) < 4.78 is 35.8. The Balaban J connectivity index is 2.73. The van der Waals surface area contributed by atoms with Crippen molar-refractivity contribution in [2.75, 3.05) is 5.32 Å². The van der Waals surface area contributed by atoms with Crippen LogP contribution in [0, 0.1) is 0 Å². The topological polar surface area (TPSA) is 12.0 Å². The van der Waals surface area contributed by atoms with Gasteiger partial charge in [0.1, 0.15) is 0 Å². The van der Waals surface area contributed by atoms with Gasteiger partial charge in [0.15, 0.2) is 0 Å². The highest BCUT2D eigenvalue weighted by molar-refractivity contribution is 5.46. The number of aryl methyl sites for hydroxylation is 1. The summed E-state index contributed by atoms with van der Waals surface area (Å²) >= 11 is 0. The largest absolute Gasteiger partial charge is 0.482 e. The molecule has 0 aliphatic carbocycles. The zero-order valence-electron chi connectivity index (χ0n) is 7.86. The number of benzene rings is 1. The van der Waals surface area contributed by atoms with Gasteiger partial charge in [-0.2, -0.15) is 13.2 Å². The fourth-order valence-corrected chi connectivity index (χ4v) is 1.26. The number of rotatable bonds is 3. The molecule has 0 aliphatic rings. The minimum absolute atomic E-state index is 0.100. The van der Waals surface area contributed by atoms with E-state index < -0.39 is 6.30 Å². The summed E-state index contributed by atoms with van der Waals surface area (Å²) in [6.45, 7) is 1.99. The van der Waals surface area contributed by atoms with Crippen molar-refractivity contribution in [1.29, 1.82) is 0 Å². The van der Waals surface area contributed by atoms with Crippen molar-refractivity contribution >= 4 is 5.69 Å². The predicted molar refractivity (Wildman–Crippen MR) is 50.1 cm³/mol. The molecule has 1 aromatic rings. The van der Waals surface area contributed by atoms with Gasteiger partial charge in [0.25, 0.3) is 0 Å². The molecule has 0 saturated carbocycles. The molecule has 0 atom stereocenters. The van der Waals surface area contributed by atoms with E-state index in [9.17, 15) is 13.2 Å². The van der Waals surface area contributed by atoms with Crippen LogP contribution in [0.5, 0.6) is 0 Å². The van der Waals surface area contributed by atoms with Gasteiger partial charge in [-0.15, -0.1) is 0 Å². The second kappa shape index (κ2) is 4.35. The molecular weight excluding hydrogens is 191 g/mol. The fraction of sp³-hybridized carbons (Fsp3) is 0.400. The summed E-state index contributed by atoms with van der Waals surface area (Å²) in [6.07, 6.45) is -2.63. The highest BCUT2D eigenvalue weighted by Crippen LogP contribution is 2.20. The van der Waals surface area contributed by atoms with Crippen molar-refractivity contribution in [3.05, 3.63) is 29.8 Å². The van der Waals surface area contributed by atoms with Gasteiger partial charge in [-0.25, -0.2) is 0 Å². The Kier molecular flexibility index (Phi) is 3.38. The van der Waals surface area contributed by atoms with Gasteiger partial charge < -0.3 is 0 Å². The van der Waals surface area contributed by atoms with E-state index in [4.69, 9.17) is 0 Å². The van der Waals surface area contributed by atoms with Gasteiger partial charge in [-0.05, 0) is 24.1 Å². The molecule has 14 heavy (non-hydrogen) atoms. The average molecular weight is 203 g/mol. The molecule has 0 fully saturated rings.